The van der Waals surface area contributed by atoms with Crippen LogP contribution in [0.2, 0.25) is 0 Å². The number of carbonyl (C=O) groups excluding carboxylic acids is 2. The zero-order chi connectivity index (χ0) is 24.1. The van der Waals surface area contributed by atoms with Gasteiger partial charge in [-0.3, -0.25) is 9.10 Å². The van der Waals surface area contributed by atoms with E-state index >= 15 is 0 Å². The van der Waals surface area contributed by atoms with E-state index < -0.39 is 28.5 Å². The number of ether oxygens (including phenoxy) is 3. The van der Waals surface area contributed by atoms with Gasteiger partial charge in [0.25, 0.3) is 15.9 Å². The Hall–Kier alpha value is -3.11. The number of sulfonamides is 1. The second kappa shape index (κ2) is 10.4. The van der Waals surface area contributed by atoms with Gasteiger partial charge in [-0.05, 0) is 55.5 Å². The molecule has 2 aromatic carbocycles. The number of amides is 1. The molecule has 2 heterocycles. The second-order valence-corrected chi connectivity index (χ2v) is 10.0. The number of fused-ring (bicyclic) bond motifs is 1. The van der Waals surface area contributed by atoms with E-state index in [1.165, 1.54) is 29.6 Å². The minimum Gasteiger partial charge on any atom is -0.495 e. The van der Waals surface area contributed by atoms with Gasteiger partial charge in [-0.15, -0.1) is 0 Å². The number of hydrogen-bond acceptors (Lipinski definition) is 7. The number of carbonyl (C=O) groups is 2. The van der Waals surface area contributed by atoms with Crippen LogP contribution in [-0.4, -0.2) is 59.8 Å². The minimum absolute atomic E-state index is 0.0107. The van der Waals surface area contributed by atoms with Crippen molar-refractivity contribution >= 4 is 27.6 Å². The first-order chi connectivity index (χ1) is 16.4. The number of benzene rings is 2. The fraction of sp³-hybridized carbons (Fsp3) is 0.417. The van der Waals surface area contributed by atoms with Crippen LogP contribution in [0.1, 0.15) is 35.2 Å². The highest BCUT2D eigenvalue weighted by atomic mass is 32.2. The Bertz CT molecular complexity index is 1160. The average Bonchev–Trinajstić information content (AvgIpc) is 3.39. The summed E-state index contributed by atoms with van der Waals surface area (Å²) in [6.07, 6.45) is 3.29. The first kappa shape index (κ1) is 24.0. The van der Waals surface area contributed by atoms with E-state index in [0.29, 0.717) is 31.8 Å². The van der Waals surface area contributed by atoms with Crippen molar-refractivity contribution in [2.45, 2.75) is 36.7 Å². The molecular formula is C24H28N2O7S. The molecule has 0 aromatic heterocycles. The Balaban J connectivity index is 1.49. The lowest BCUT2D eigenvalue weighted by Crippen LogP contribution is -2.36. The van der Waals surface area contributed by atoms with Gasteiger partial charge in [0.05, 0.1) is 24.5 Å². The lowest BCUT2D eigenvalue weighted by Gasteiger charge is -2.30. The molecular weight excluding hydrogens is 460 g/mol. The minimum atomic E-state index is -4.02. The monoisotopic (exact) mass is 488 g/mol. The molecule has 9 nitrogen and oxygen atoms in total. The molecule has 1 N–H and O–H groups in total. The van der Waals surface area contributed by atoms with Crippen molar-refractivity contribution in [3.8, 4) is 5.75 Å². The number of anilines is 1. The summed E-state index contributed by atoms with van der Waals surface area (Å²) in [6, 6.07) is 11.4. The van der Waals surface area contributed by atoms with Crippen molar-refractivity contribution in [1.82, 2.24) is 5.32 Å². The Morgan fingerprint density at radius 1 is 1.18 bits per heavy atom. The number of aryl methyl sites for hydroxylation is 1. The lowest BCUT2D eigenvalue weighted by atomic mass is 10.0. The van der Waals surface area contributed by atoms with E-state index in [4.69, 9.17) is 14.2 Å². The molecule has 4 rings (SSSR count). The van der Waals surface area contributed by atoms with Crippen LogP contribution >= 0.6 is 0 Å². The van der Waals surface area contributed by atoms with Crippen molar-refractivity contribution in [1.29, 1.82) is 0 Å². The number of nitrogens with one attached hydrogen (secondary N) is 1. The highest BCUT2D eigenvalue weighted by molar-refractivity contribution is 7.93. The predicted octanol–water partition coefficient (Wildman–Crippen LogP) is 2.29. The summed E-state index contributed by atoms with van der Waals surface area (Å²) in [4.78, 5) is 24.5. The van der Waals surface area contributed by atoms with Crippen molar-refractivity contribution in [3.05, 3.63) is 53.6 Å². The Morgan fingerprint density at radius 2 is 2.00 bits per heavy atom. The molecule has 34 heavy (non-hydrogen) atoms. The van der Waals surface area contributed by atoms with Crippen molar-refractivity contribution in [2.24, 2.45) is 0 Å². The van der Waals surface area contributed by atoms with Gasteiger partial charge < -0.3 is 19.5 Å². The maximum absolute atomic E-state index is 13.6. The van der Waals surface area contributed by atoms with Crippen LogP contribution in [-0.2, 0) is 30.7 Å². The number of esters is 1. The first-order valence-corrected chi connectivity index (χ1v) is 12.7. The van der Waals surface area contributed by atoms with Crippen molar-refractivity contribution < 1.29 is 32.2 Å². The molecule has 0 bridgehead atoms. The second-order valence-electron chi connectivity index (χ2n) is 8.19. The van der Waals surface area contributed by atoms with Crippen molar-refractivity contribution in [3.63, 3.8) is 0 Å². The summed E-state index contributed by atoms with van der Waals surface area (Å²) < 4.78 is 44.4. The third-order valence-electron chi connectivity index (χ3n) is 5.92. The molecule has 10 heteroatoms. The molecule has 2 aromatic rings. The zero-order valence-electron chi connectivity index (χ0n) is 19.0. The molecule has 2 aliphatic rings. The van der Waals surface area contributed by atoms with Gasteiger partial charge >= 0.3 is 5.97 Å². The van der Waals surface area contributed by atoms with Gasteiger partial charge in [0.2, 0.25) is 0 Å². The SMILES string of the molecule is COc1ccc(C(=O)OCC(=O)NC[C@H]2CCCO2)cc1S(=O)(=O)N1CCCc2ccccc21. The molecule has 1 saturated heterocycles. The lowest BCUT2D eigenvalue weighted by molar-refractivity contribution is -0.124. The summed E-state index contributed by atoms with van der Waals surface area (Å²) in [7, 11) is -2.65. The number of rotatable bonds is 8. The predicted molar refractivity (Wildman–Crippen MR) is 125 cm³/mol. The third-order valence-corrected chi connectivity index (χ3v) is 7.75. The molecule has 0 aliphatic carbocycles. The Labute approximate surface area is 199 Å². The standard InChI is InChI=1S/C24H28N2O7S/c1-31-21-11-10-18(24(28)33-16-23(27)25-15-19-8-5-13-32-19)14-22(21)34(29,30)26-12-4-7-17-6-2-3-9-20(17)26/h2-3,6,9-11,14,19H,4-5,7-8,12-13,15-16H2,1H3,(H,25,27)/t19-/m1/s1. The van der Waals surface area contributed by atoms with E-state index in [1.54, 1.807) is 12.1 Å². The fourth-order valence-electron chi connectivity index (χ4n) is 4.17. The van der Waals surface area contributed by atoms with E-state index in [0.717, 1.165) is 24.8 Å². The maximum Gasteiger partial charge on any atom is 0.338 e. The van der Waals surface area contributed by atoms with Crippen LogP contribution in [0, 0.1) is 0 Å². The van der Waals surface area contributed by atoms with E-state index in [-0.39, 0.29) is 22.3 Å². The Kier molecular flexibility index (Phi) is 7.38. The summed E-state index contributed by atoms with van der Waals surface area (Å²) in [5.74, 6) is -1.13. The highest BCUT2D eigenvalue weighted by Crippen LogP contribution is 2.35. The molecule has 182 valence electrons. The normalized spacial score (nSPS) is 17.7. The maximum atomic E-state index is 13.6. The van der Waals surface area contributed by atoms with Crippen LogP contribution < -0.4 is 14.4 Å². The van der Waals surface area contributed by atoms with E-state index in [2.05, 4.69) is 5.32 Å². The van der Waals surface area contributed by atoms with Crippen LogP contribution in [0.5, 0.6) is 5.75 Å². The van der Waals surface area contributed by atoms with Gasteiger partial charge in [0.15, 0.2) is 6.61 Å². The number of nitrogens with zero attached hydrogens (tertiary/aromatic N) is 1. The summed E-state index contributed by atoms with van der Waals surface area (Å²) in [6.45, 7) is 0.890. The Morgan fingerprint density at radius 3 is 2.76 bits per heavy atom. The van der Waals surface area contributed by atoms with Gasteiger partial charge in [0.1, 0.15) is 10.6 Å². The van der Waals surface area contributed by atoms with Crippen LogP contribution in [0.15, 0.2) is 47.4 Å². The molecule has 1 atom stereocenters. The van der Waals surface area contributed by atoms with Crippen LogP contribution in [0.25, 0.3) is 0 Å². The number of hydrogen-bond donors (Lipinski definition) is 1. The fourth-order valence-corrected chi connectivity index (χ4v) is 5.90. The van der Waals surface area contributed by atoms with E-state index in [1.807, 2.05) is 12.1 Å². The van der Waals surface area contributed by atoms with Gasteiger partial charge in [-0.1, -0.05) is 18.2 Å². The molecule has 2 aliphatic heterocycles. The van der Waals surface area contributed by atoms with Crippen LogP contribution in [0.4, 0.5) is 5.69 Å². The number of methoxy groups -OCH3 is 1. The van der Waals surface area contributed by atoms with E-state index in [9.17, 15) is 18.0 Å². The molecule has 0 unspecified atom stereocenters. The topological polar surface area (TPSA) is 111 Å². The smallest absolute Gasteiger partial charge is 0.338 e. The molecule has 1 fully saturated rings. The largest absolute Gasteiger partial charge is 0.495 e. The molecule has 0 radical (unpaired) electrons. The van der Waals surface area contributed by atoms with Gasteiger partial charge in [0, 0.05) is 19.7 Å². The highest BCUT2D eigenvalue weighted by Gasteiger charge is 2.32. The van der Waals surface area contributed by atoms with Gasteiger partial charge in [-0.2, -0.15) is 0 Å². The quantitative estimate of drug-likeness (QED) is 0.568. The van der Waals surface area contributed by atoms with Crippen molar-refractivity contribution in [2.75, 3.05) is 37.7 Å². The first-order valence-electron chi connectivity index (χ1n) is 11.2. The molecule has 1 amide bonds. The third kappa shape index (κ3) is 5.18. The summed E-state index contributed by atoms with van der Waals surface area (Å²) in [5.41, 5.74) is 1.57. The number of para-hydroxylation sites is 1. The zero-order valence-corrected chi connectivity index (χ0v) is 19.8. The summed E-state index contributed by atoms with van der Waals surface area (Å²) >= 11 is 0. The summed E-state index contributed by atoms with van der Waals surface area (Å²) in [5, 5.41) is 2.67. The average molecular weight is 489 g/mol. The van der Waals surface area contributed by atoms with Crippen LogP contribution in [0.3, 0.4) is 0 Å². The molecule has 0 saturated carbocycles. The van der Waals surface area contributed by atoms with Gasteiger partial charge in [-0.25, -0.2) is 13.2 Å². The molecule has 0 spiro atoms.